The van der Waals surface area contributed by atoms with Crippen molar-refractivity contribution in [3.8, 4) is 0 Å². The first-order chi connectivity index (χ1) is 8.31. The fourth-order valence-corrected chi connectivity index (χ4v) is 1.58. The molecule has 0 aliphatic carbocycles. The number of carbonyl (C=O) groups is 1. The highest BCUT2D eigenvalue weighted by molar-refractivity contribution is 5.97. The molecule has 4 nitrogen and oxygen atoms in total. The summed E-state index contributed by atoms with van der Waals surface area (Å²) < 4.78 is 0. The fraction of sp³-hybridized carbons (Fsp3) is 0.231. The average Bonchev–Trinajstić information content (AvgIpc) is 2.38. The Morgan fingerprint density at radius 1 is 1.35 bits per heavy atom. The molecule has 0 spiro atoms. The van der Waals surface area contributed by atoms with Gasteiger partial charge < -0.3 is 10.4 Å². The number of aliphatic hydroxyl groups is 1. The Hall–Kier alpha value is -1.94. The lowest BCUT2D eigenvalue weighted by atomic mass is 10.1. The van der Waals surface area contributed by atoms with Crippen LogP contribution in [-0.4, -0.2) is 29.1 Å². The van der Waals surface area contributed by atoms with E-state index >= 15 is 0 Å². The van der Waals surface area contributed by atoms with Gasteiger partial charge in [0.05, 0.1) is 11.1 Å². The number of aliphatic hydroxyl groups excluding tert-OH is 1. The van der Waals surface area contributed by atoms with E-state index in [0.717, 1.165) is 10.9 Å². The van der Waals surface area contributed by atoms with Gasteiger partial charge in [0.2, 0.25) is 0 Å². The Labute approximate surface area is 99.3 Å². The monoisotopic (exact) mass is 230 g/mol. The minimum atomic E-state index is -0.156. The van der Waals surface area contributed by atoms with E-state index in [0.29, 0.717) is 18.5 Å². The van der Waals surface area contributed by atoms with Crippen LogP contribution in [-0.2, 0) is 0 Å². The van der Waals surface area contributed by atoms with E-state index in [-0.39, 0.29) is 12.5 Å². The first-order valence-electron chi connectivity index (χ1n) is 5.55. The van der Waals surface area contributed by atoms with Crippen molar-refractivity contribution in [2.45, 2.75) is 6.42 Å². The molecule has 0 aliphatic rings. The third-order valence-electron chi connectivity index (χ3n) is 2.47. The van der Waals surface area contributed by atoms with Crippen LogP contribution < -0.4 is 5.32 Å². The highest BCUT2D eigenvalue weighted by Gasteiger charge is 2.05. The van der Waals surface area contributed by atoms with Crippen LogP contribution in [0.1, 0.15) is 16.8 Å². The van der Waals surface area contributed by atoms with Crippen LogP contribution in [0, 0.1) is 0 Å². The van der Waals surface area contributed by atoms with Crippen molar-refractivity contribution >= 4 is 16.8 Å². The Bertz CT molecular complexity index is 526. The molecule has 17 heavy (non-hydrogen) atoms. The number of amides is 1. The van der Waals surface area contributed by atoms with Crippen molar-refractivity contribution in [1.82, 2.24) is 10.3 Å². The van der Waals surface area contributed by atoms with Gasteiger partial charge in [0.1, 0.15) is 0 Å². The van der Waals surface area contributed by atoms with E-state index in [2.05, 4.69) is 10.3 Å². The Kier molecular flexibility index (Phi) is 3.67. The minimum absolute atomic E-state index is 0.0796. The van der Waals surface area contributed by atoms with Crippen molar-refractivity contribution in [3.63, 3.8) is 0 Å². The molecule has 0 aliphatic heterocycles. The summed E-state index contributed by atoms with van der Waals surface area (Å²) in [6, 6.07) is 9.47. The molecule has 0 unspecified atom stereocenters. The van der Waals surface area contributed by atoms with E-state index in [1.54, 1.807) is 6.20 Å². The van der Waals surface area contributed by atoms with Crippen molar-refractivity contribution in [1.29, 1.82) is 0 Å². The number of carbonyl (C=O) groups excluding carboxylic acids is 1. The molecule has 0 bridgehead atoms. The maximum Gasteiger partial charge on any atom is 0.252 e. The van der Waals surface area contributed by atoms with Crippen LogP contribution in [0.2, 0.25) is 0 Å². The molecule has 0 saturated heterocycles. The topological polar surface area (TPSA) is 62.2 Å². The number of hydrogen-bond acceptors (Lipinski definition) is 3. The van der Waals surface area contributed by atoms with Crippen LogP contribution in [0.4, 0.5) is 0 Å². The quantitative estimate of drug-likeness (QED) is 0.779. The SMILES string of the molecule is O=C(NCCCO)c1cnc2ccccc2c1. The van der Waals surface area contributed by atoms with Crippen LogP contribution in [0.3, 0.4) is 0 Å². The van der Waals surface area contributed by atoms with Gasteiger partial charge in [0, 0.05) is 24.7 Å². The molecule has 1 aromatic heterocycles. The highest BCUT2D eigenvalue weighted by atomic mass is 16.3. The Morgan fingerprint density at radius 2 is 2.18 bits per heavy atom. The Morgan fingerprint density at radius 3 is 3.00 bits per heavy atom. The number of hydrogen-bond donors (Lipinski definition) is 2. The minimum Gasteiger partial charge on any atom is -0.396 e. The predicted octanol–water partition coefficient (Wildman–Crippen LogP) is 1.35. The van der Waals surface area contributed by atoms with Crippen molar-refractivity contribution in [2.75, 3.05) is 13.2 Å². The van der Waals surface area contributed by atoms with Crippen molar-refractivity contribution < 1.29 is 9.90 Å². The highest BCUT2D eigenvalue weighted by Crippen LogP contribution is 2.12. The number of nitrogens with one attached hydrogen (secondary N) is 1. The zero-order valence-corrected chi connectivity index (χ0v) is 9.39. The van der Waals surface area contributed by atoms with Crippen LogP contribution in [0.25, 0.3) is 10.9 Å². The predicted molar refractivity (Wildman–Crippen MR) is 65.8 cm³/mol. The first-order valence-corrected chi connectivity index (χ1v) is 5.55. The van der Waals surface area contributed by atoms with Gasteiger partial charge in [0.15, 0.2) is 0 Å². The molecule has 1 heterocycles. The number of fused-ring (bicyclic) bond motifs is 1. The van der Waals surface area contributed by atoms with Gasteiger partial charge >= 0.3 is 0 Å². The molecule has 2 aromatic rings. The number of rotatable bonds is 4. The molecule has 0 atom stereocenters. The van der Waals surface area contributed by atoms with Crippen LogP contribution in [0.15, 0.2) is 36.5 Å². The van der Waals surface area contributed by atoms with Crippen molar-refractivity contribution in [3.05, 3.63) is 42.1 Å². The lowest BCUT2D eigenvalue weighted by Crippen LogP contribution is -2.25. The molecule has 1 amide bonds. The summed E-state index contributed by atoms with van der Waals surface area (Å²) >= 11 is 0. The molecule has 0 radical (unpaired) electrons. The summed E-state index contributed by atoms with van der Waals surface area (Å²) in [6.45, 7) is 0.554. The first kappa shape index (κ1) is 11.5. The van der Waals surface area contributed by atoms with E-state index in [1.807, 2.05) is 30.3 Å². The molecular weight excluding hydrogens is 216 g/mol. The van der Waals surface area contributed by atoms with Gasteiger partial charge in [0.25, 0.3) is 5.91 Å². The maximum absolute atomic E-state index is 11.7. The summed E-state index contributed by atoms with van der Waals surface area (Å²) in [6.07, 6.45) is 2.13. The molecule has 2 rings (SSSR count). The maximum atomic E-state index is 11.7. The molecular formula is C13H14N2O2. The third-order valence-corrected chi connectivity index (χ3v) is 2.47. The fourth-order valence-electron chi connectivity index (χ4n) is 1.58. The number of aromatic nitrogens is 1. The molecule has 2 N–H and O–H groups in total. The van der Waals surface area contributed by atoms with Gasteiger partial charge in [-0.3, -0.25) is 9.78 Å². The van der Waals surface area contributed by atoms with Gasteiger partial charge in [-0.2, -0.15) is 0 Å². The molecule has 88 valence electrons. The second-order valence-corrected chi connectivity index (χ2v) is 3.75. The molecule has 4 heteroatoms. The summed E-state index contributed by atoms with van der Waals surface area (Å²) in [5.41, 5.74) is 1.42. The largest absolute Gasteiger partial charge is 0.396 e. The second-order valence-electron chi connectivity index (χ2n) is 3.75. The lowest BCUT2D eigenvalue weighted by molar-refractivity contribution is 0.0951. The standard InChI is InChI=1S/C13H14N2O2/c16-7-3-6-14-13(17)11-8-10-4-1-2-5-12(10)15-9-11/h1-2,4-5,8-9,16H,3,6-7H2,(H,14,17). The molecule has 0 fully saturated rings. The van der Waals surface area contributed by atoms with E-state index in [4.69, 9.17) is 5.11 Å². The average molecular weight is 230 g/mol. The number of para-hydroxylation sites is 1. The summed E-state index contributed by atoms with van der Waals surface area (Å²) in [5.74, 6) is -0.156. The molecule has 0 saturated carbocycles. The normalized spacial score (nSPS) is 10.4. The van der Waals surface area contributed by atoms with Crippen LogP contribution in [0.5, 0.6) is 0 Å². The van der Waals surface area contributed by atoms with Crippen LogP contribution >= 0.6 is 0 Å². The van der Waals surface area contributed by atoms with Gasteiger partial charge in [-0.1, -0.05) is 18.2 Å². The summed E-state index contributed by atoms with van der Waals surface area (Å²) in [7, 11) is 0. The number of pyridine rings is 1. The van der Waals surface area contributed by atoms with Crippen molar-refractivity contribution in [2.24, 2.45) is 0 Å². The van der Waals surface area contributed by atoms with Gasteiger partial charge in [-0.05, 0) is 18.6 Å². The van der Waals surface area contributed by atoms with Gasteiger partial charge in [-0.25, -0.2) is 0 Å². The lowest BCUT2D eigenvalue weighted by Gasteiger charge is -2.04. The molecule has 1 aromatic carbocycles. The van der Waals surface area contributed by atoms with E-state index < -0.39 is 0 Å². The number of benzene rings is 1. The zero-order chi connectivity index (χ0) is 12.1. The summed E-state index contributed by atoms with van der Waals surface area (Å²) in [5, 5.41) is 12.3. The number of nitrogens with zero attached hydrogens (tertiary/aromatic N) is 1. The summed E-state index contributed by atoms with van der Waals surface area (Å²) in [4.78, 5) is 16.0. The van der Waals surface area contributed by atoms with E-state index in [9.17, 15) is 4.79 Å². The zero-order valence-electron chi connectivity index (χ0n) is 9.39. The third kappa shape index (κ3) is 2.79. The Balaban J connectivity index is 2.15. The van der Waals surface area contributed by atoms with E-state index in [1.165, 1.54) is 0 Å². The van der Waals surface area contributed by atoms with Gasteiger partial charge in [-0.15, -0.1) is 0 Å². The second kappa shape index (κ2) is 5.41. The smallest absolute Gasteiger partial charge is 0.252 e.